The van der Waals surface area contributed by atoms with Gasteiger partial charge in [0.2, 0.25) is 0 Å². The third-order valence-electron chi connectivity index (χ3n) is 3.34. The molecule has 19 heavy (non-hydrogen) atoms. The molecule has 1 aromatic rings. The van der Waals surface area contributed by atoms with Gasteiger partial charge in [-0.05, 0) is 24.1 Å². The van der Waals surface area contributed by atoms with Crippen molar-refractivity contribution in [3.63, 3.8) is 0 Å². The van der Waals surface area contributed by atoms with Crippen LogP contribution >= 0.6 is 0 Å². The second-order valence-corrected chi connectivity index (χ2v) is 4.98. The third kappa shape index (κ3) is 7.99. The van der Waals surface area contributed by atoms with Crippen molar-refractivity contribution < 1.29 is 9.50 Å². The minimum absolute atomic E-state index is 0. The van der Waals surface area contributed by atoms with Gasteiger partial charge < -0.3 is 5.11 Å². The predicted octanol–water partition coefficient (Wildman–Crippen LogP) is 5.64. The van der Waals surface area contributed by atoms with Crippen LogP contribution in [-0.4, -0.2) is 5.11 Å². The molecule has 0 radical (unpaired) electrons. The molecule has 0 saturated carbocycles. The summed E-state index contributed by atoms with van der Waals surface area (Å²) in [5.74, 6) is -0.248. The molecule has 1 N–H and O–H groups in total. The fourth-order valence-corrected chi connectivity index (χ4v) is 2.15. The zero-order valence-corrected chi connectivity index (χ0v) is 11.4. The summed E-state index contributed by atoms with van der Waals surface area (Å²) in [5, 5.41) is 9.93. The van der Waals surface area contributed by atoms with Crippen molar-refractivity contribution >= 4 is 0 Å². The lowest BCUT2D eigenvalue weighted by Gasteiger charge is -2.10. The van der Waals surface area contributed by atoms with Gasteiger partial charge in [-0.1, -0.05) is 71.4 Å². The normalized spacial score (nSPS) is 11.9. The van der Waals surface area contributed by atoms with E-state index in [-0.39, 0.29) is 13.2 Å². The molecule has 0 fully saturated rings. The maximum atomic E-state index is 12.7. The quantitative estimate of drug-likeness (QED) is 0.575. The van der Waals surface area contributed by atoms with E-state index in [0.717, 1.165) is 18.4 Å². The first-order valence-corrected chi connectivity index (χ1v) is 7.17. The molecule has 1 nitrogen and oxygen atoms in total. The van der Waals surface area contributed by atoms with Crippen LogP contribution in [-0.2, 0) is 0 Å². The lowest BCUT2D eigenvalue weighted by Crippen LogP contribution is -1.97. The molecule has 0 bridgehead atoms. The van der Waals surface area contributed by atoms with Gasteiger partial charge in [0, 0.05) is 0 Å². The van der Waals surface area contributed by atoms with E-state index < -0.39 is 6.10 Å². The molecule has 1 rings (SSSR count). The van der Waals surface area contributed by atoms with Crippen molar-refractivity contribution in [2.75, 3.05) is 0 Å². The number of rotatable bonds is 9. The number of hydrogen-bond acceptors (Lipinski definition) is 1. The molecule has 0 aliphatic carbocycles. The SMILES string of the molecule is C.CCCCCCCCC[C@H](O)c1ccc(F)cc1. The van der Waals surface area contributed by atoms with Crippen molar-refractivity contribution in [3.8, 4) is 0 Å². The number of benzene rings is 1. The molecule has 110 valence electrons. The second kappa shape index (κ2) is 11.0. The van der Waals surface area contributed by atoms with Gasteiger partial charge in [0.25, 0.3) is 0 Å². The van der Waals surface area contributed by atoms with Crippen molar-refractivity contribution in [3.05, 3.63) is 35.6 Å². The topological polar surface area (TPSA) is 20.2 Å². The monoisotopic (exact) mass is 268 g/mol. The summed E-state index contributed by atoms with van der Waals surface area (Å²) in [4.78, 5) is 0. The Hall–Kier alpha value is -0.890. The molecule has 0 spiro atoms. The van der Waals surface area contributed by atoms with Crippen LogP contribution in [0.4, 0.5) is 4.39 Å². The summed E-state index contributed by atoms with van der Waals surface area (Å²) in [6.07, 6.45) is 9.07. The first-order valence-electron chi connectivity index (χ1n) is 7.17. The van der Waals surface area contributed by atoms with Crippen LogP contribution in [0.1, 0.15) is 77.4 Å². The van der Waals surface area contributed by atoms with E-state index in [2.05, 4.69) is 6.92 Å². The van der Waals surface area contributed by atoms with Gasteiger partial charge in [0.05, 0.1) is 6.10 Å². The summed E-state index contributed by atoms with van der Waals surface area (Å²) >= 11 is 0. The number of aliphatic hydroxyl groups is 1. The van der Waals surface area contributed by atoms with Crippen LogP contribution in [0, 0.1) is 5.82 Å². The largest absolute Gasteiger partial charge is 0.388 e. The minimum atomic E-state index is -0.443. The summed E-state index contributed by atoms with van der Waals surface area (Å²) in [7, 11) is 0. The van der Waals surface area contributed by atoms with Gasteiger partial charge in [-0.25, -0.2) is 4.39 Å². The zero-order valence-electron chi connectivity index (χ0n) is 11.4. The standard InChI is InChI=1S/C16H25FO.CH4/c1-2-3-4-5-6-7-8-9-16(18)14-10-12-15(17)13-11-14;/h10-13,16,18H,2-9H2,1H3;1H4/t16-;/m0./s1. The minimum Gasteiger partial charge on any atom is -0.388 e. The van der Waals surface area contributed by atoms with Gasteiger partial charge in [-0.3, -0.25) is 0 Å². The maximum Gasteiger partial charge on any atom is 0.123 e. The maximum absolute atomic E-state index is 12.7. The lowest BCUT2D eigenvalue weighted by atomic mass is 10.0. The van der Waals surface area contributed by atoms with Gasteiger partial charge in [0.15, 0.2) is 0 Å². The summed E-state index contributed by atoms with van der Waals surface area (Å²) in [6.45, 7) is 2.22. The van der Waals surface area contributed by atoms with Gasteiger partial charge in [0.1, 0.15) is 5.82 Å². The highest BCUT2D eigenvalue weighted by atomic mass is 19.1. The van der Waals surface area contributed by atoms with Crippen LogP contribution in [0.5, 0.6) is 0 Å². The molecule has 1 aromatic carbocycles. The number of hydrogen-bond donors (Lipinski definition) is 1. The van der Waals surface area contributed by atoms with Gasteiger partial charge in [-0.15, -0.1) is 0 Å². The number of aliphatic hydroxyl groups excluding tert-OH is 1. The number of unbranched alkanes of at least 4 members (excludes halogenated alkanes) is 6. The van der Waals surface area contributed by atoms with Crippen LogP contribution in [0.15, 0.2) is 24.3 Å². The van der Waals surface area contributed by atoms with E-state index in [4.69, 9.17) is 0 Å². The molecule has 1 atom stereocenters. The predicted molar refractivity (Wildman–Crippen MR) is 80.7 cm³/mol. The summed E-state index contributed by atoms with van der Waals surface area (Å²) in [5.41, 5.74) is 0.822. The Bertz CT molecular complexity index is 308. The molecule has 2 heteroatoms. The average molecular weight is 268 g/mol. The third-order valence-corrected chi connectivity index (χ3v) is 3.34. The Kier molecular flexibility index (Phi) is 10.5. The molecular weight excluding hydrogens is 239 g/mol. The van der Waals surface area contributed by atoms with E-state index in [1.807, 2.05) is 0 Å². The average Bonchev–Trinajstić information content (AvgIpc) is 2.38. The Morgan fingerprint density at radius 3 is 2.05 bits per heavy atom. The summed E-state index contributed by atoms with van der Waals surface area (Å²) < 4.78 is 12.7. The van der Waals surface area contributed by atoms with E-state index in [1.54, 1.807) is 12.1 Å². The van der Waals surface area contributed by atoms with Crippen molar-refractivity contribution in [1.29, 1.82) is 0 Å². The molecule has 0 unspecified atom stereocenters. The molecule has 0 heterocycles. The van der Waals surface area contributed by atoms with Crippen molar-refractivity contribution in [1.82, 2.24) is 0 Å². The highest BCUT2D eigenvalue weighted by molar-refractivity contribution is 5.18. The van der Waals surface area contributed by atoms with E-state index in [0.29, 0.717) is 0 Å². The van der Waals surface area contributed by atoms with Crippen LogP contribution in [0.2, 0.25) is 0 Å². The fraction of sp³-hybridized carbons (Fsp3) is 0.647. The van der Waals surface area contributed by atoms with Crippen LogP contribution < -0.4 is 0 Å². The van der Waals surface area contributed by atoms with Crippen LogP contribution in [0.25, 0.3) is 0 Å². The first kappa shape index (κ1) is 18.1. The Morgan fingerprint density at radius 1 is 0.947 bits per heavy atom. The molecule has 0 aromatic heterocycles. The first-order chi connectivity index (χ1) is 8.74. The van der Waals surface area contributed by atoms with Crippen LogP contribution in [0.3, 0.4) is 0 Å². The highest BCUT2D eigenvalue weighted by Crippen LogP contribution is 2.20. The van der Waals surface area contributed by atoms with Crippen molar-refractivity contribution in [2.45, 2.75) is 71.8 Å². The Morgan fingerprint density at radius 2 is 1.47 bits per heavy atom. The number of halogens is 1. The lowest BCUT2D eigenvalue weighted by molar-refractivity contribution is 0.163. The van der Waals surface area contributed by atoms with E-state index in [1.165, 1.54) is 50.7 Å². The summed E-state index contributed by atoms with van der Waals surface area (Å²) in [6, 6.07) is 6.15. The van der Waals surface area contributed by atoms with Gasteiger partial charge in [-0.2, -0.15) is 0 Å². The van der Waals surface area contributed by atoms with E-state index in [9.17, 15) is 9.50 Å². The van der Waals surface area contributed by atoms with E-state index >= 15 is 0 Å². The molecule has 0 saturated heterocycles. The Balaban J connectivity index is 0.00000324. The van der Waals surface area contributed by atoms with Gasteiger partial charge >= 0.3 is 0 Å². The van der Waals surface area contributed by atoms with Crippen molar-refractivity contribution in [2.24, 2.45) is 0 Å². The smallest absolute Gasteiger partial charge is 0.123 e. The second-order valence-electron chi connectivity index (χ2n) is 4.98. The molecular formula is C17H29FO. The molecule has 0 aliphatic heterocycles. The molecule has 0 amide bonds. The molecule has 0 aliphatic rings. The zero-order chi connectivity index (χ0) is 13.2. The fourth-order valence-electron chi connectivity index (χ4n) is 2.15. The highest BCUT2D eigenvalue weighted by Gasteiger charge is 2.06. The Labute approximate surface area is 117 Å².